The van der Waals surface area contributed by atoms with Crippen LogP contribution in [0.15, 0.2) is 24.3 Å². The van der Waals surface area contributed by atoms with Crippen LogP contribution in [0.4, 0.5) is 0 Å². The molecule has 0 saturated carbocycles. The van der Waals surface area contributed by atoms with Crippen LogP contribution >= 0.6 is 11.5 Å². The molecular weight excluding hydrogens is 184 g/mol. The van der Waals surface area contributed by atoms with Crippen LogP contribution in [0.2, 0.25) is 0 Å². The predicted molar refractivity (Wildman–Crippen MR) is 52.5 cm³/mol. The summed E-state index contributed by atoms with van der Waals surface area (Å²) in [6.07, 6.45) is 0.226. The van der Waals surface area contributed by atoms with Crippen LogP contribution in [0.1, 0.15) is 5.69 Å². The average molecular weight is 192 g/mol. The number of nitrogens with zero attached hydrogens (tertiary/aromatic N) is 1. The van der Waals surface area contributed by atoms with Gasteiger partial charge in [0.25, 0.3) is 0 Å². The van der Waals surface area contributed by atoms with E-state index >= 15 is 0 Å². The van der Waals surface area contributed by atoms with Crippen LogP contribution < -0.4 is 5.73 Å². The van der Waals surface area contributed by atoms with Gasteiger partial charge in [-0.25, -0.2) is 0 Å². The lowest BCUT2D eigenvalue weighted by Gasteiger charge is -1.91. The fourth-order valence-electron chi connectivity index (χ4n) is 1.23. The fraction of sp³-hybridized carbons (Fsp3) is 0.111. The van der Waals surface area contributed by atoms with Gasteiger partial charge in [0.2, 0.25) is 5.91 Å². The number of fused-ring (bicyclic) bond motifs is 1. The molecule has 2 rings (SSSR count). The van der Waals surface area contributed by atoms with Crippen LogP contribution in [0.5, 0.6) is 0 Å². The summed E-state index contributed by atoms with van der Waals surface area (Å²) in [7, 11) is 0. The first-order valence-corrected chi connectivity index (χ1v) is 4.66. The molecule has 1 aromatic heterocycles. The molecule has 1 amide bonds. The van der Waals surface area contributed by atoms with Crippen molar-refractivity contribution in [1.29, 1.82) is 0 Å². The van der Waals surface area contributed by atoms with Crippen LogP contribution in [0.25, 0.3) is 10.1 Å². The number of aromatic nitrogens is 1. The molecule has 4 heteroatoms. The summed E-state index contributed by atoms with van der Waals surface area (Å²) >= 11 is 1.40. The Balaban J connectivity index is 2.51. The number of hydrogen-bond acceptors (Lipinski definition) is 3. The largest absolute Gasteiger partial charge is 0.369 e. The molecule has 0 atom stereocenters. The molecule has 0 unspecified atom stereocenters. The summed E-state index contributed by atoms with van der Waals surface area (Å²) in [4.78, 5) is 10.7. The number of primary amides is 1. The van der Waals surface area contributed by atoms with Gasteiger partial charge < -0.3 is 5.73 Å². The van der Waals surface area contributed by atoms with Gasteiger partial charge >= 0.3 is 0 Å². The van der Waals surface area contributed by atoms with E-state index in [-0.39, 0.29) is 12.3 Å². The van der Waals surface area contributed by atoms with Gasteiger partial charge in [-0.05, 0) is 17.6 Å². The zero-order valence-corrected chi connectivity index (χ0v) is 7.67. The first kappa shape index (κ1) is 8.19. The molecule has 0 bridgehead atoms. The van der Waals surface area contributed by atoms with Gasteiger partial charge in [0.1, 0.15) is 0 Å². The van der Waals surface area contributed by atoms with Gasteiger partial charge in [-0.1, -0.05) is 18.2 Å². The van der Waals surface area contributed by atoms with Crippen molar-refractivity contribution < 1.29 is 4.79 Å². The molecule has 2 aromatic rings. The lowest BCUT2D eigenvalue weighted by Crippen LogP contribution is -2.13. The first-order chi connectivity index (χ1) is 6.27. The summed E-state index contributed by atoms with van der Waals surface area (Å²) < 4.78 is 5.27. The monoisotopic (exact) mass is 192 g/mol. The van der Waals surface area contributed by atoms with Crippen molar-refractivity contribution in [2.24, 2.45) is 5.73 Å². The highest BCUT2D eigenvalue weighted by molar-refractivity contribution is 7.13. The summed E-state index contributed by atoms with van der Waals surface area (Å²) in [5, 5.41) is 1.03. The van der Waals surface area contributed by atoms with Crippen molar-refractivity contribution in [2.45, 2.75) is 6.42 Å². The van der Waals surface area contributed by atoms with E-state index < -0.39 is 0 Å². The second-order valence-corrected chi connectivity index (χ2v) is 3.57. The smallest absolute Gasteiger partial charge is 0.223 e. The maximum absolute atomic E-state index is 10.7. The van der Waals surface area contributed by atoms with E-state index in [9.17, 15) is 4.79 Å². The summed E-state index contributed by atoms with van der Waals surface area (Å²) in [5.74, 6) is -0.337. The topological polar surface area (TPSA) is 56.0 Å². The molecule has 0 aliphatic heterocycles. The average Bonchev–Trinajstić information content (AvgIpc) is 2.48. The van der Waals surface area contributed by atoms with Gasteiger partial charge in [0, 0.05) is 5.39 Å². The summed E-state index contributed by atoms with van der Waals surface area (Å²) in [5.41, 5.74) is 5.89. The third kappa shape index (κ3) is 1.53. The van der Waals surface area contributed by atoms with Crippen molar-refractivity contribution in [1.82, 2.24) is 4.37 Å². The van der Waals surface area contributed by atoms with E-state index in [1.807, 2.05) is 24.3 Å². The van der Waals surface area contributed by atoms with Gasteiger partial charge in [-0.3, -0.25) is 4.79 Å². The molecule has 0 spiro atoms. The summed E-state index contributed by atoms with van der Waals surface area (Å²) in [6, 6.07) is 7.82. The Labute approximate surface area is 79.3 Å². The third-order valence-corrected chi connectivity index (χ3v) is 2.66. The molecule has 0 radical (unpaired) electrons. The highest BCUT2D eigenvalue weighted by atomic mass is 32.1. The van der Waals surface area contributed by atoms with E-state index in [4.69, 9.17) is 5.73 Å². The Kier molecular flexibility index (Phi) is 1.98. The Morgan fingerprint density at radius 2 is 2.23 bits per heavy atom. The molecule has 0 aliphatic carbocycles. The molecule has 2 N–H and O–H groups in total. The lowest BCUT2D eigenvalue weighted by molar-refractivity contribution is -0.117. The minimum atomic E-state index is -0.337. The van der Waals surface area contributed by atoms with Crippen molar-refractivity contribution in [3.8, 4) is 0 Å². The Morgan fingerprint density at radius 3 is 3.00 bits per heavy atom. The van der Waals surface area contributed by atoms with Crippen LogP contribution in [-0.4, -0.2) is 10.3 Å². The zero-order valence-electron chi connectivity index (χ0n) is 6.86. The Morgan fingerprint density at radius 1 is 1.46 bits per heavy atom. The molecule has 0 saturated heterocycles. The molecule has 13 heavy (non-hydrogen) atoms. The van der Waals surface area contributed by atoms with Crippen molar-refractivity contribution in [3.63, 3.8) is 0 Å². The van der Waals surface area contributed by atoms with Crippen LogP contribution in [0.3, 0.4) is 0 Å². The van der Waals surface area contributed by atoms with Crippen molar-refractivity contribution in [2.75, 3.05) is 0 Å². The fourth-order valence-corrected chi connectivity index (χ4v) is 2.03. The summed E-state index contributed by atoms with van der Waals surface area (Å²) in [6.45, 7) is 0. The number of carbonyl (C=O) groups is 1. The van der Waals surface area contributed by atoms with E-state index in [1.54, 1.807) is 0 Å². The van der Waals surface area contributed by atoms with Crippen LogP contribution in [-0.2, 0) is 11.2 Å². The molecule has 3 nitrogen and oxygen atoms in total. The minimum absolute atomic E-state index is 0.226. The number of nitrogens with two attached hydrogens (primary N) is 1. The van der Waals surface area contributed by atoms with Crippen molar-refractivity contribution >= 4 is 27.5 Å². The molecule has 66 valence electrons. The number of amides is 1. The standard InChI is InChI=1S/C9H8N2OS/c10-9(12)5-7-6-3-1-2-4-8(6)13-11-7/h1-4H,5H2,(H2,10,12). The van der Waals surface area contributed by atoms with E-state index in [1.165, 1.54) is 11.5 Å². The third-order valence-electron chi connectivity index (χ3n) is 1.79. The Hall–Kier alpha value is -1.42. The SMILES string of the molecule is NC(=O)Cc1nsc2ccccc12. The molecule has 0 fully saturated rings. The quantitative estimate of drug-likeness (QED) is 0.780. The number of rotatable bonds is 2. The second-order valence-electron chi connectivity index (χ2n) is 2.77. The Bertz CT molecular complexity index is 450. The van der Waals surface area contributed by atoms with E-state index in [2.05, 4.69) is 4.37 Å². The highest BCUT2D eigenvalue weighted by Crippen LogP contribution is 2.22. The van der Waals surface area contributed by atoms with Crippen LogP contribution in [0, 0.1) is 0 Å². The molecule has 1 heterocycles. The highest BCUT2D eigenvalue weighted by Gasteiger charge is 2.07. The predicted octanol–water partition coefficient (Wildman–Crippen LogP) is 1.32. The molecule has 0 aliphatic rings. The number of hydrogen-bond donors (Lipinski definition) is 1. The first-order valence-electron chi connectivity index (χ1n) is 3.89. The van der Waals surface area contributed by atoms with E-state index in [0.717, 1.165) is 15.8 Å². The number of benzene rings is 1. The lowest BCUT2D eigenvalue weighted by atomic mass is 10.2. The van der Waals surface area contributed by atoms with Gasteiger partial charge in [0.15, 0.2) is 0 Å². The molecular formula is C9H8N2OS. The van der Waals surface area contributed by atoms with E-state index in [0.29, 0.717) is 0 Å². The molecule has 1 aromatic carbocycles. The van der Waals surface area contributed by atoms with Gasteiger partial charge in [0.05, 0.1) is 16.8 Å². The maximum atomic E-state index is 10.7. The minimum Gasteiger partial charge on any atom is -0.369 e. The van der Waals surface area contributed by atoms with Crippen molar-refractivity contribution in [3.05, 3.63) is 30.0 Å². The second kappa shape index (κ2) is 3.14. The maximum Gasteiger partial charge on any atom is 0.223 e. The zero-order chi connectivity index (χ0) is 9.26. The van der Waals surface area contributed by atoms with Gasteiger partial charge in [-0.2, -0.15) is 4.37 Å². The normalized spacial score (nSPS) is 10.5. The van der Waals surface area contributed by atoms with Gasteiger partial charge in [-0.15, -0.1) is 0 Å². The number of carbonyl (C=O) groups excluding carboxylic acids is 1.